The Balaban J connectivity index is 2.45. The lowest BCUT2D eigenvalue weighted by molar-refractivity contribution is -0.142. The zero-order valence-corrected chi connectivity index (χ0v) is 8.85. The second-order valence-corrected chi connectivity index (χ2v) is 4.33. The van der Waals surface area contributed by atoms with Gasteiger partial charge in [0.05, 0.1) is 0 Å². The van der Waals surface area contributed by atoms with Crippen molar-refractivity contribution in [3.63, 3.8) is 0 Å². The first-order valence-corrected chi connectivity index (χ1v) is 5.03. The number of carboxylic acid groups (broad SMARTS) is 1. The molecule has 0 saturated heterocycles. The van der Waals surface area contributed by atoms with Crippen LogP contribution in [0.3, 0.4) is 0 Å². The van der Waals surface area contributed by atoms with Crippen LogP contribution in [0.2, 0.25) is 0 Å². The van der Waals surface area contributed by atoms with E-state index in [1.54, 1.807) is 0 Å². The smallest absolute Gasteiger partial charge is 0.480 e. The van der Waals surface area contributed by atoms with Crippen molar-refractivity contribution >= 4 is 18.6 Å². The molecule has 1 aliphatic carbocycles. The molecule has 0 fully saturated rings. The fourth-order valence-corrected chi connectivity index (χ4v) is 2.09. The summed E-state index contributed by atoms with van der Waals surface area (Å²) in [6.45, 7) is 0. The maximum absolute atomic E-state index is 13.6. The van der Waals surface area contributed by atoms with Gasteiger partial charge in [0.2, 0.25) is 0 Å². The van der Waals surface area contributed by atoms with E-state index in [1.807, 2.05) is 0 Å². The average molecular weight is 239 g/mol. The number of benzene rings is 1. The summed E-state index contributed by atoms with van der Waals surface area (Å²) in [5.41, 5.74) is 4.79. The molecule has 90 valence electrons. The summed E-state index contributed by atoms with van der Waals surface area (Å²) in [5.74, 6) is -1.85. The molecule has 7 heteroatoms. The van der Waals surface area contributed by atoms with Gasteiger partial charge >= 0.3 is 13.1 Å². The van der Waals surface area contributed by atoms with Crippen LogP contribution in [0.15, 0.2) is 12.1 Å². The Morgan fingerprint density at radius 2 is 2.06 bits per heavy atom. The maximum atomic E-state index is 13.6. The number of halogens is 1. The molecule has 0 aromatic heterocycles. The Hall–Kier alpha value is -1.44. The fraction of sp³-hybridized carbons (Fsp3) is 0.300. The van der Waals surface area contributed by atoms with E-state index < -0.39 is 24.4 Å². The Morgan fingerprint density at radius 3 is 2.59 bits per heavy atom. The number of carbonyl (C=O) groups is 1. The van der Waals surface area contributed by atoms with Crippen LogP contribution >= 0.6 is 0 Å². The monoisotopic (exact) mass is 239 g/mol. The molecule has 0 unspecified atom stereocenters. The first-order valence-electron chi connectivity index (χ1n) is 5.03. The second kappa shape index (κ2) is 3.80. The van der Waals surface area contributed by atoms with E-state index in [9.17, 15) is 9.18 Å². The van der Waals surface area contributed by atoms with Gasteiger partial charge < -0.3 is 20.9 Å². The van der Waals surface area contributed by atoms with Crippen LogP contribution in [-0.4, -0.2) is 33.8 Å². The van der Waals surface area contributed by atoms with Gasteiger partial charge in [0.15, 0.2) is 0 Å². The van der Waals surface area contributed by atoms with E-state index in [2.05, 4.69) is 0 Å². The van der Waals surface area contributed by atoms with Gasteiger partial charge in [-0.25, -0.2) is 4.39 Å². The highest BCUT2D eigenvalue weighted by Gasteiger charge is 2.42. The van der Waals surface area contributed by atoms with Gasteiger partial charge in [-0.2, -0.15) is 0 Å². The molecule has 0 spiro atoms. The van der Waals surface area contributed by atoms with Gasteiger partial charge in [0, 0.05) is 12.8 Å². The summed E-state index contributed by atoms with van der Waals surface area (Å²) in [6, 6.07) is 2.36. The molecule has 0 bridgehead atoms. The first kappa shape index (κ1) is 12.0. The average Bonchev–Trinajstić information content (AvgIpc) is 2.56. The molecule has 1 aromatic carbocycles. The van der Waals surface area contributed by atoms with Crippen molar-refractivity contribution in [1.82, 2.24) is 0 Å². The number of aliphatic carboxylic acids is 1. The van der Waals surface area contributed by atoms with Gasteiger partial charge in [-0.1, -0.05) is 6.07 Å². The van der Waals surface area contributed by atoms with Crippen LogP contribution < -0.4 is 11.2 Å². The summed E-state index contributed by atoms with van der Waals surface area (Å²) in [6.07, 6.45) is -0.111. The number of hydrogen-bond donors (Lipinski definition) is 4. The van der Waals surface area contributed by atoms with Crippen molar-refractivity contribution in [2.45, 2.75) is 18.4 Å². The largest absolute Gasteiger partial charge is 0.488 e. The molecule has 0 aliphatic heterocycles. The van der Waals surface area contributed by atoms with Crippen molar-refractivity contribution in [2.75, 3.05) is 0 Å². The number of fused-ring (bicyclic) bond motifs is 1. The van der Waals surface area contributed by atoms with Crippen LogP contribution in [0, 0.1) is 5.82 Å². The molecule has 0 amide bonds. The van der Waals surface area contributed by atoms with E-state index >= 15 is 0 Å². The molecule has 1 aromatic rings. The SMILES string of the molecule is N[C@@]1(C(=O)O)Cc2cc(B(O)O)cc(F)c2C1. The lowest BCUT2D eigenvalue weighted by atomic mass is 9.79. The molecule has 1 aliphatic rings. The predicted molar refractivity (Wildman–Crippen MR) is 58.2 cm³/mol. The molecule has 0 saturated carbocycles. The summed E-state index contributed by atoms with van der Waals surface area (Å²) in [4.78, 5) is 11.0. The van der Waals surface area contributed by atoms with Gasteiger partial charge in [-0.15, -0.1) is 0 Å². The lowest BCUT2D eigenvalue weighted by Crippen LogP contribution is -2.48. The molecular weight excluding hydrogens is 228 g/mol. The molecular formula is C10H11BFNO4. The Morgan fingerprint density at radius 1 is 1.41 bits per heavy atom. The second-order valence-electron chi connectivity index (χ2n) is 4.33. The quantitative estimate of drug-likeness (QED) is 0.464. The molecule has 1 atom stereocenters. The third kappa shape index (κ3) is 1.92. The standard InChI is InChI=1S/C10H11BFNO4/c12-8-2-6(11(16)17)1-5-3-10(13,9(14)15)4-7(5)8/h1-2,16-17H,3-4,13H2,(H,14,15)/t10-/m0/s1. The van der Waals surface area contributed by atoms with Gasteiger partial charge in [0.1, 0.15) is 11.4 Å². The first-order chi connectivity index (χ1) is 7.83. The highest BCUT2D eigenvalue weighted by Crippen LogP contribution is 2.30. The minimum Gasteiger partial charge on any atom is -0.480 e. The summed E-state index contributed by atoms with van der Waals surface area (Å²) in [5, 5.41) is 26.9. The highest BCUT2D eigenvalue weighted by atomic mass is 19.1. The fourth-order valence-electron chi connectivity index (χ4n) is 2.09. The number of carboxylic acids is 1. The van der Waals surface area contributed by atoms with Crippen LogP contribution in [-0.2, 0) is 17.6 Å². The van der Waals surface area contributed by atoms with Crippen molar-refractivity contribution in [3.05, 3.63) is 29.1 Å². The summed E-state index contributed by atoms with van der Waals surface area (Å²) in [7, 11) is -1.78. The number of hydrogen-bond acceptors (Lipinski definition) is 4. The third-order valence-corrected chi connectivity index (χ3v) is 3.03. The van der Waals surface area contributed by atoms with Crippen molar-refractivity contribution in [3.8, 4) is 0 Å². The van der Waals surface area contributed by atoms with E-state index in [0.717, 1.165) is 6.07 Å². The summed E-state index contributed by atoms with van der Waals surface area (Å²) >= 11 is 0. The molecule has 5 nitrogen and oxygen atoms in total. The zero-order chi connectivity index (χ0) is 12.8. The van der Waals surface area contributed by atoms with E-state index in [4.69, 9.17) is 20.9 Å². The minimum atomic E-state index is -1.78. The number of nitrogens with two attached hydrogens (primary N) is 1. The van der Waals surface area contributed by atoms with Crippen molar-refractivity contribution < 1.29 is 24.3 Å². The molecule has 2 rings (SSSR count). The highest BCUT2D eigenvalue weighted by molar-refractivity contribution is 6.58. The third-order valence-electron chi connectivity index (χ3n) is 3.03. The Labute approximate surface area is 96.8 Å². The number of rotatable bonds is 2. The van der Waals surface area contributed by atoms with Crippen LogP contribution in [0.4, 0.5) is 4.39 Å². The maximum Gasteiger partial charge on any atom is 0.488 e. The minimum absolute atomic E-state index is 0.00381. The van der Waals surface area contributed by atoms with Crippen molar-refractivity contribution in [2.24, 2.45) is 5.73 Å². The molecule has 0 heterocycles. The van der Waals surface area contributed by atoms with E-state index in [-0.39, 0.29) is 23.9 Å². The normalized spacial score (nSPS) is 22.4. The van der Waals surface area contributed by atoms with E-state index in [0.29, 0.717) is 5.56 Å². The Bertz CT molecular complexity index is 493. The van der Waals surface area contributed by atoms with Crippen LogP contribution in [0.25, 0.3) is 0 Å². The summed E-state index contributed by atoms with van der Waals surface area (Å²) < 4.78 is 13.6. The van der Waals surface area contributed by atoms with Gasteiger partial charge in [-0.05, 0) is 22.7 Å². The molecule has 17 heavy (non-hydrogen) atoms. The topological polar surface area (TPSA) is 104 Å². The molecule has 5 N–H and O–H groups in total. The van der Waals surface area contributed by atoms with Crippen molar-refractivity contribution in [1.29, 1.82) is 0 Å². The van der Waals surface area contributed by atoms with Crippen LogP contribution in [0.1, 0.15) is 11.1 Å². The van der Waals surface area contributed by atoms with Gasteiger partial charge in [-0.3, -0.25) is 4.79 Å². The predicted octanol–water partition coefficient (Wildman–Crippen LogP) is -1.61. The zero-order valence-electron chi connectivity index (χ0n) is 8.85. The lowest BCUT2D eigenvalue weighted by Gasteiger charge is -2.16. The Kier molecular flexibility index (Phi) is 2.69. The van der Waals surface area contributed by atoms with Crippen LogP contribution in [0.5, 0.6) is 0 Å². The van der Waals surface area contributed by atoms with E-state index in [1.165, 1.54) is 6.07 Å². The molecule has 0 radical (unpaired) electrons. The van der Waals surface area contributed by atoms with Gasteiger partial charge in [0.25, 0.3) is 0 Å².